The molecule has 3 nitrogen and oxygen atoms in total. The summed E-state index contributed by atoms with van der Waals surface area (Å²) in [6, 6.07) is 12.0. The summed E-state index contributed by atoms with van der Waals surface area (Å²) in [6.07, 6.45) is 18.6. The third-order valence-electron chi connectivity index (χ3n) is 8.00. The Kier molecular flexibility index (Phi) is 9.38. The summed E-state index contributed by atoms with van der Waals surface area (Å²) in [5.74, 6) is 2.46. The summed E-state index contributed by atoms with van der Waals surface area (Å²) in [4.78, 5) is 12.6. The van der Waals surface area contributed by atoms with E-state index in [0.29, 0.717) is 18.1 Å². The van der Waals surface area contributed by atoms with E-state index < -0.39 is 11.8 Å². The standard InChI is InChI=1S/C32H39FO3/c1-3-5-7-8-23-9-10-28-21-27(16-15-26(28)20-23)24-11-13-25(14-12-24)32(34)36-29-17-18-31(30(33)22-29)35-19-6-4-2/h3-6,11-14,17-18,22-23,26-28H,7-10,15-16,19-21H2,1-2H3/b5-3+,6-4+. The maximum Gasteiger partial charge on any atom is 0.343 e. The summed E-state index contributed by atoms with van der Waals surface area (Å²) >= 11 is 0. The van der Waals surface area contributed by atoms with Crippen LogP contribution < -0.4 is 9.47 Å². The van der Waals surface area contributed by atoms with Gasteiger partial charge in [0.25, 0.3) is 0 Å². The number of benzene rings is 2. The highest BCUT2D eigenvalue weighted by molar-refractivity contribution is 5.91. The zero-order valence-corrected chi connectivity index (χ0v) is 21.6. The van der Waals surface area contributed by atoms with Crippen LogP contribution in [0, 0.1) is 23.6 Å². The summed E-state index contributed by atoms with van der Waals surface area (Å²) in [5, 5.41) is 0. The number of esters is 1. The lowest BCUT2D eigenvalue weighted by atomic mass is 9.63. The Morgan fingerprint density at radius 3 is 2.44 bits per heavy atom. The van der Waals surface area contributed by atoms with E-state index in [9.17, 15) is 9.18 Å². The minimum atomic E-state index is -0.553. The molecule has 2 aromatic rings. The molecule has 0 heterocycles. The summed E-state index contributed by atoms with van der Waals surface area (Å²) in [5.41, 5.74) is 1.79. The molecule has 4 atom stereocenters. The van der Waals surface area contributed by atoms with Crippen molar-refractivity contribution < 1.29 is 18.7 Å². The molecule has 0 spiro atoms. The molecule has 4 heteroatoms. The molecule has 0 saturated heterocycles. The molecule has 36 heavy (non-hydrogen) atoms. The molecule has 2 saturated carbocycles. The SMILES string of the molecule is C/C=C/CCC1CCC2CC(c3ccc(C(=O)Oc4ccc(OC/C=C/C)c(F)c4)cc3)CCC2C1. The first-order valence-corrected chi connectivity index (χ1v) is 13.5. The fraction of sp³-hybridized carbons (Fsp3) is 0.469. The molecule has 0 amide bonds. The van der Waals surface area contributed by atoms with Crippen LogP contribution in [0.4, 0.5) is 4.39 Å². The van der Waals surface area contributed by atoms with Crippen LogP contribution in [0.1, 0.15) is 87.1 Å². The van der Waals surface area contributed by atoms with Crippen molar-refractivity contribution >= 4 is 5.97 Å². The van der Waals surface area contributed by atoms with Crippen molar-refractivity contribution in [1.82, 2.24) is 0 Å². The Bertz CT molecular complexity index is 1060. The number of carbonyl (C=O) groups excluding carboxylic acids is 1. The van der Waals surface area contributed by atoms with E-state index in [1.165, 1.54) is 69.1 Å². The number of hydrogen-bond acceptors (Lipinski definition) is 3. The fourth-order valence-corrected chi connectivity index (χ4v) is 6.00. The van der Waals surface area contributed by atoms with Crippen molar-refractivity contribution in [2.75, 3.05) is 6.61 Å². The van der Waals surface area contributed by atoms with Crippen LogP contribution in [0.25, 0.3) is 0 Å². The number of rotatable bonds is 9. The monoisotopic (exact) mass is 490 g/mol. The minimum Gasteiger partial charge on any atom is -0.486 e. The van der Waals surface area contributed by atoms with Gasteiger partial charge in [0.1, 0.15) is 12.4 Å². The molecule has 2 aliphatic carbocycles. The number of fused-ring (bicyclic) bond motifs is 1. The van der Waals surface area contributed by atoms with E-state index in [2.05, 4.69) is 31.2 Å². The molecule has 0 aromatic heterocycles. The Hall–Kier alpha value is -2.88. The molecular formula is C32H39FO3. The van der Waals surface area contributed by atoms with Crippen molar-refractivity contribution in [2.24, 2.45) is 17.8 Å². The Balaban J connectivity index is 1.29. The van der Waals surface area contributed by atoms with Crippen LogP contribution in [0.2, 0.25) is 0 Å². The van der Waals surface area contributed by atoms with Crippen LogP contribution >= 0.6 is 0 Å². The van der Waals surface area contributed by atoms with Gasteiger partial charge in [0.2, 0.25) is 0 Å². The molecular weight excluding hydrogens is 451 g/mol. The first kappa shape index (κ1) is 26.2. The minimum absolute atomic E-state index is 0.133. The van der Waals surface area contributed by atoms with Gasteiger partial charge in [0, 0.05) is 6.07 Å². The lowest BCUT2D eigenvalue weighted by Crippen LogP contribution is -2.30. The normalized spacial score (nSPS) is 24.1. The predicted octanol–water partition coefficient (Wildman–Crippen LogP) is 8.66. The van der Waals surface area contributed by atoms with Crippen molar-refractivity contribution in [3.63, 3.8) is 0 Å². The van der Waals surface area contributed by atoms with Crippen LogP contribution in [-0.4, -0.2) is 12.6 Å². The number of halogens is 1. The van der Waals surface area contributed by atoms with E-state index in [-0.39, 0.29) is 11.5 Å². The van der Waals surface area contributed by atoms with Crippen molar-refractivity contribution in [3.8, 4) is 11.5 Å². The van der Waals surface area contributed by atoms with E-state index in [1.54, 1.807) is 12.1 Å². The largest absolute Gasteiger partial charge is 0.486 e. The number of carbonyl (C=O) groups is 1. The van der Waals surface area contributed by atoms with Gasteiger partial charge in [-0.25, -0.2) is 9.18 Å². The molecule has 2 fully saturated rings. The van der Waals surface area contributed by atoms with E-state index >= 15 is 0 Å². The van der Waals surface area contributed by atoms with Gasteiger partial charge in [-0.05, 0) is 112 Å². The Labute approximate surface area is 215 Å². The summed E-state index contributed by atoms with van der Waals surface area (Å²) in [6.45, 7) is 4.27. The summed E-state index contributed by atoms with van der Waals surface area (Å²) < 4.78 is 25.0. The smallest absolute Gasteiger partial charge is 0.343 e. The lowest BCUT2D eigenvalue weighted by molar-refractivity contribution is 0.0734. The van der Waals surface area contributed by atoms with Gasteiger partial charge in [-0.3, -0.25) is 0 Å². The van der Waals surface area contributed by atoms with E-state index in [1.807, 2.05) is 25.1 Å². The van der Waals surface area contributed by atoms with E-state index in [4.69, 9.17) is 9.47 Å². The third-order valence-corrected chi connectivity index (χ3v) is 8.00. The third kappa shape index (κ3) is 6.87. The second kappa shape index (κ2) is 12.9. The topological polar surface area (TPSA) is 35.5 Å². The molecule has 4 unspecified atom stereocenters. The lowest BCUT2D eigenvalue weighted by Gasteiger charge is -2.42. The summed E-state index contributed by atoms with van der Waals surface area (Å²) in [7, 11) is 0. The van der Waals surface area contributed by atoms with Crippen molar-refractivity contribution in [2.45, 2.75) is 71.1 Å². The van der Waals surface area contributed by atoms with Crippen LogP contribution in [0.15, 0.2) is 66.8 Å². The average molecular weight is 491 g/mol. The van der Waals surface area contributed by atoms with Crippen LogP contribution in [-0.2, 0) is 0 Å². The molecule has 2 aliphatic rings. The molecule has 192 valence electrons. The number of ether oxygens (including phenoxy) is 2. The van der Waals surface area contributed by atoms with Gasteiger partial charge in [0.05, 0.1) is 5.56 Å². The van der Waals surface area contributed by atoms with Gasteiger partial charge in [-0.1, -0.05) is 42.9 Å². The maximum atomic E-state index is 14.3. The number of hydrogen-bond donors (Lipinski definition) is 0. The first-order valence-electron chi connectivity index (χ1n) is 13.5. The van der Waals surface area contributed by atoms with Crippen molar-refractivity contribution in [1.29, 1.82) is 0 Å². The second-order valence-corrected chi connectivity index (χ2v) is 10.3. The zero-order valence-electron chi connectivity index (χ0n) is 21.6. The highest BCUT2D eigenvalue weighted by Gasteiger charge is 2.35. The predicted molar refractivity (Wildman–Crippen MR) is 143 cm³/mol. The van der Waals surface area contributed by atoms with Gasteiger partial charge < -0.3 is 9.47 Å². The molecule has 4 rings (SSSR count). The van der Waals surface area contributed by atoms with Gasteiger partial charge in [-0.15, -0.1) is 0 Å². The average Bonchev–Trinajstić information content (AvgIpc) is 2.90. The first-order chi connectivity index (χ1) is 17.6. The van der Waals surface area contributed by atoms with Crippen molar-refractivity contribution in [3.05, 3.63) is 83.7 Å². The molecule has 0 bridgehead atoms. The van der Waals surface area contributed by atoms with Gasteiger partial charge in [0.15, 0.2) is 11.6 Å². The number of allylic oxidation sites excluding steroid dienone is 3. The molecule has 0 radical (unpaired) electrons. The van der Waals surface area contributed by atoms with Gasteiger partial charge in [-0.2, -0.15) is 0 Å². The maximum absolute atomic E-state index is 14.3. The molecule has 0 aliphatic heterocycles. The highest BCUT2D eigenvalue weighted by atomic mass is 19.1. The zero-order chi connectivity index (χ0) is 25.3. The highest BCUT2D eigenvalue weighted by Crippen LogP contribution is 2.48. The fourth-order valence-electron chi connectivity index (χ4n) is 6.00. The Morgan fingerprint density at radius 2 is 1.69 bits per heavy atom. The van der Waals surface area contributed by atoms with Crippen LogP contribution in [0.3, 0.4) is 0 Å². The quantitative estimate of drug-likeness (QED) is 0.200. The molecule has 0 N–H and O–H groups in total. The van der Waals surface area contributed by atoms with Crippen LogP contribution in [0.5, 0.6) is 11.5 Å². The van der Waals surface area contributed by atoms with E-state index in [0.717, 1.165) is 17.8 Å². The van der Waals surface area contributed by atoms with Gasteiger partial charge >= 0.3 is 5.97 Å². The second-order valence-electron chi connectivity index (χ2n) is 10.3. The Morgan fingerprint density at radius 1 is 0.944 bits per heavy atom. The molecule has 2 aromatic carbocycles.